The van der Waals surface area contributed by atoms with Gasteiger partial charge in [0, 0.05) is 25.1 Å². The van der Waals surface area contributed by atoms with Crippen LogP contribution in [0.3, 0.4) is 0 Å². The quantitative estimate of drug-likeness (QED) is 0.521. The maximum absolute atomic E-state index is 13.2. The molecule has 28 heavy (non-hydrogen) atoms. The Labute approximate surface area is 161 Å². The molecular weight excluding hydrogens is 366 g/mol. The normalized spacial score (nSPS) is 30.7. The lowest BCUT2D eigenvalue weighted by atomic mass is 9.76. The van der Waals surface area contributed by atoms with Crippen LogP contribution in [0.25, 0.3) is 0 Å². The molecule has 1 aromatic carbocycles. The highest BCUT2D eigenvalue weighted by atomic mass is 16.5. The van der Waals surface area contributed by atoms with Gasteiger partial charge in [-0.25, -0.2) is 0 Å². The molecule has 0 aromatic heterocycles. The second kappa shape index (κ2) is 6.68. The number of methoxy groups -OCH3 is 1. The Morgan fingerprint density at radius 1 is 1.29 bits per heavy atom. The van der Waals surface area contributed by atoms with Crippen molar-refractivity contribution < 1.29 is 34.3 Å². The molecule has 0 radical (unpaired) electrons. The lowest BCUT2D eigenvalue weighted by Gasteiger charge is -2.26. The number of nitrogens with one attached hydrogen (secondary N) is 1. The highest BCUT2D eigenvalue weighted by molar-refractivity contribution is 6.13. The van der Waals surface area contributed by atoms with Gasteiger partial charge in [-0.2, -0.15) is 0 Å². The summed E-state index contributed by atoms with van der Waals surface area (Å²) in [4.78, 5) is 51.5. The number of benzene rings is 1. The Morgan fingerprint density at radius 3 is 2.75 bits per heavy atom. The van der Waals surface area contributed by atoms with E-state index in [1.807, 2.05) is 0 Å². The van der Waals surface area contributed by atoms with Gasteiger partial charge in [-0.1, -0.05) is 18.2 Å². The molecule has 148 valence electrons. The zero-order valence-electron chi connectivity index (χ0n) is 15.3. The number of ether oxygens (including phenoxy) is 1. The van der Waals surface area contributed by atoms with Crippen LogP contribution >= 0.6 is 0 Å². The van der Waals surface area contributed by atoms with E-state index < -0.39 is 35.3 Å². The van der Waals surface area contributed by atoms with E-state index in [9.17, 15) is 24.3 Å². The standard InChI is InChI=1S/C19H21N3O6/c1-28-9-8-22-16(25)14-12(6-7-13(23)24)21-19(15(14)17(22)26)10-4-2-3-5-11(10)20-18(19)27/h2-5,12,14-15,21H,6-9H2,1H3,(H,20,27)(H,23,24)/t12-,14+,15-,19+/m0/s1. The first-order chi connectivity index (χ1) is 13.4. The molecule has 9 nitrogen and oxygen atoms in total. The molecule has 3 aliphatic heterocycles. The number of para-hydroxylation sites is 1. The first-order valence-electron chi connectivity index (χ1n) is 9.22. The van der Waals surface area contributed by atoms with Crippen molar-refractivity contribution in [2.75, 3.05) is 25.6 Å². The van der Waals surface area contributed by atoms with Gasteiger partial charge in [0.15, 0.2) is 0 Å². The van der Waals surface area contributed by atoms with Gasteiger partial charge in [0.1, 0.15) is 17.9 Å². The van der Waals surface area contributed by atoms with Crippen LogP contribution in [0.4, 0.5) is 5.69 Å². The Morgan fingerprint density at radius 2 is 2.04 bits per heavy atom. The van der Waals surface area contributed by atoms with Crippen LogP contribution < -0.4 is 15.7 Å². The van der Waals surface area contributed by atoms with E-state index in [0.717, 1.165) is 4.90 Å². The molecule has 0 unspecified atom stereocenters. The summed E-state index contributed by atoms with van der Waals surface area (Å²) in [6, 6.07) is 6.58. The highest BCUT2D eigenvalue weighted by Crippen LogP contribution is 2.49. The van der Waals surface area contributed by atoms with Crippen molar-refractivity contribution in [2.45, 2.75) is 24.4 Å². The average Bonchev–Trinajstić information content (AvgIpc) is 3.24. The third-order valence-corrected chi connectivity index (χ3v) is 6.07. The monoisotopic (exact) mass is 387 g/mol. The number of nitrogens with two attached hydrogens (primary N) is 1. The van der Waals surface area contributed by atoms with E-state index in [1.165, 1.54) is 7.11 Å². The molecule has 1 spiro atoms. The number of fused-ring (bicyclic) bond motifs is 4. The molecule has 0 bridgehead atoms. The predicted molar refractivity (Wildman–Crippen MR) is 92.3 cm³/mol. The maximum atomic E-state index is 13.2. The summed E-state index contributed by atoms with van der Waals surface area (Å²) in [5.41, 5.74) is -0.00813. The van der Waals surface area contributed by atoms with Crippen molar-refractivity contribution >= 4 is 29.4 Å². The molecule has 3 heterocycles. The molecule has 9 heteroatoms. The van der Waals surface area contributed by atoms with E-state index in [1.54, 1.807) is 29.6 Å². The Hall–Kier alpha value is -2.78. The van der Waals surface area contributed by atoms with Crippen LogP contribution in [0.2, 0.25) is 0 Å². The first kappa shape index (κ1) is 18.6. The van der Waals surface area contributed by atoms with Gasteiger partial charge < -0.3 is 25.3 Å². The third-order valence-electron chi connectivity index (χ3n) is 6.07. The largest absolute Gasteiger partial charge is 0.550 e. The minimum absolute atomic E-state index is 0.105. The molecule has 2 saturated heterocycles. The van der Waals surface area contributed by atoms with Crippen molar-refractivity contribution in [3.63, 3.8) is 0 Å². The fourth-order valence-electron chi connectivity index (χ4n) is 4.93. The van der Waals surface area contributed by atoms with Crippen LogP contribution in [-0.4, -0.2) is 54.9 Å². The third kappa shape index (κ3) is 2.46. The second-order valence-corrected chi connectivity index (χ2v) is 7.43. The number of amides is 3. The number of hydrogen-bond acceptors (Lipinski definition) is 6. The number of anilines is 1. The fourth-order valence-corrected chi connectivity index (χ4v) is 4.93. The molecule has 1 aromatic rings. The number of imide groups is 1. The Kier molecular flexibility index (Phi) is 4.43. The summed E-state index contributed by atoms with van der Waals surface area (Å²) in [6.45, 7) is 0.299. The average molecular weight is 387 g/mol. The number of aliphatic carboxylic acids is 1. The molecule has 3 aliphatic rings. The van der Waals surface area contributed by atoms with Gasteiger partial charge in [0.25, 0.3) is 5.91 Å². The molecule has 4 rings (SSSR count). The second-order valence-electron chi connectivity index (χ2n) is 7.43. The minimum Gasteiger partial charge on any atom is -0.550 e. The fraction of sp³-hybridized carbons (Fsp3) is 0.474. The number of likely N-dealkylation sites (tertiary alicyclic amines) is 1. The maximum Gasteiger partial charge on any atom is 0.291 e. The number of hydrogen-bond donors (Lipinski definition) is 2. The molecule has 4 atom stereocenters. The zero-order valence-corrected chi connectivity index (χ0v) is 15.3. The van der Waals surface area contributed by atoms with E-state index in [-0.39, 0.29) is 37.8 Å². The molecular formula is C19H21N3O6. The summed E-state index contributed by atoms with van der Waals surface area (Å²) >= 11 is 0. The van der Waals surface area contributed by atoms with Crippen LogP contribution in [0.1, 0.15) is 18.4 Å². The van der Waals surface area contributed by atoms with Crippen LogP contribution in [0.15, 0.2) is 24.3 Å². The van der Waals surface area contributed by atoms with E-state index in [4.69, 9.17) is 4.74 Å². The SMILES string of the molecule is COCCN1C(=O)[C@@H]2[C@H](CCC(=O)[O-])[NH2+][C@@]3(C(=O)Nc4ccccc43)[C@@H]2C1=O. The van der Waals surface area contributed by atoms with Crippen LogP contribution in [-0.2, 0) is 29.5 Å². The van der Waals surface area contributed by atoms with Gasteiger partial charge in [-0.15, -0.1) is 0 Å². The smallest absolute Gasteiger partial charge is 0.291 e. The summed E-state index contributed by atoms with van der Waals surface area (Å²) in [5.74, 6) is -4.01. The number of quaternary nitrogens is 1. The van der Waals surface area contributed by atoms with E-state index in [0.29, 0.717) is 11.3 Å². The first-order valence-corrected chi connectivity index (χ1v) is 9.22. The lowest BCUT2D eigenvalue weighted by Crippen LogP contribution is -2.99. The summed E-state index contributed by atoms with van der Waals surface area (Å²) in [5, 5.41) is 15.5. The highest BCUT2D eigenvalue weighted by Gasteiger charge is 2.73. The predicted octanol–water partition coefficient (Wildman–Crippen LogP) is -2.44. The molecule has 0 aliphatic carbocycles. The van der Waals surface area contributed by atoms with Crippen LogP contribution in [0, 0.1) is 11.8 Å². The van der Waals surface area contributed by atoms with Crippen molar-refractivity contribution in [3.8, 4) is 0 Å². The van der Waals surface area contributed by atoms with Gasteiger partial charge in [-0.3, -0.25) is 19.3 Å². The molecule has 2 fully saturated rings. The number of carboxylic acid groups (broad SMARTS) is 1. The van der Waals surface area contributed by atoms with E-state index >= 15 is 0 Å². The van der Waals surface area contributed by atoms with Crippen molar-refractivity contribution in [1.82, 2.24) is 4.90 Å². The van der Waals surface area contributed by atoms with Gasteiger partial charge in [-0.05, 0) is 12.5 Å². The minimum atomic E-state index is -1.27. The number of rotatable bonds is 6. The molecule has 0 saturated carbocycles. The molecule has 3 N–H and O–H groups in total. The summed E-state index contributed by atoms with van der Waals surface area (Å²) in [6.07, 6.45) is -0.110. The van der Waals surface area contributed by atoms with Crippen molar-refractivity contribution in [2.24, 2.45) is 11.8 Å². The topological polar surface area (TPSA) is 132 Å². The number of nitrogens with zero attached hydrogens (tertiary/aromatic N) is 1. The Balaban J connectivity index is 1.79. The summed E-state index contributed by atoms with van der Waals surface area (Å²) in [7, 11) is 1.48. The number of carboxylic acids is 1. The van der Waals surface area contributed by atoms with E-state index in [2.05, 4.69) is 5.32 Å². The van der Waals surface area contributed by atoms with Gasteiger partial charge >= 0.3 is 0 Å². The number of carbonyl (C=O) groups excluding carboxylic acids is 4. The van der Waals surface area contributed by atoms with Crippen LogP contribution in [0.5, 0.6) is 0 Å². The number of carbonyl (C=O) groups is 4. The zero-order chi connectivity index (χ0) is 20.1. The Bertz CT molecular complexity index is 871. The van der Waals surface area contributed by atoms with Gasteiger partial charge in [0.2, 0.25) is 17.4 Å². The van der Waals surface area contributed by atoms with Crippen molar-refractivity contribution in [1.29, 1.82) is 0 Å². The van der Waals surface area contributed by atoms with Crippen molar-refractivity contribution in [3.05, 3.63) is 29.8 Å². The summed E-state index contributed by atoms with van der Waals surface area (Å²) < 4.78 is 5.00. The molecule has 3 amide bonds. The van der Waals surface area contributed by atoms with Gasteiger partial charge in [0.05, 0.1) is 18.8 Å². The lowest BCUT2D eigenvalue weighted by molar-refractivity contribution is -0.734.